The molecule has 1 aliphatic carbocycles. The van der Waals surface area contributed by atoms with Crippen LogP contribution in [-0.2, 0) is 6.54 Å². The van der Waals surface area contributed by atoms with Gasteiger partial charge in [0.05, 0.1) is 11.8 Å². The van der Waals surface area contributed by atoms with Crippen molar-refractivity contribution in [3.8, 4) is 0 Å². The molecule has 2 aromatic rings. The predicted octanol–water partition coefficient (Wildman–Crippen LogP) is 1.37. The lowest BCUT2D eigenvalue weighted by Gasteiger charge is -2.23. The Balaban J connectivity index is 1.40. The minimum absolute atomic E-state index is 0.350. The first-order valence-corrected chi connectivity index (χ1v) is 8.37. The molecule has 1 atom stereocenters. The maximum absolute atomic E-state index is 10.3. The van der Waals surface area contributed by atoms with Crippen molar-refractivity contribution in [1.82, 2.24) is 20.1 Å². The number of aliphatic hydroxyl groups is 1. The highest BCUT2D eigenvalue weighted by atomic mass is 16.3. The molecule has 2 N–H and O–H groups in total. The van der Waals surface area contributed by atoms with Gasteiger partial charge in [-0.25, -0.2) is 0 Å². The van der Waals surface area contributed by atoms with Gasteiger partial charge < -0.3 is 10.0 Å². The van der Waals surface area contributed by atoms with E-state index in [2.05, 4.69) is 31.0 Å². The Morgan fingerprint density at radius 2 is 2.00 bits per heavy atom. The number of anilines is 1. The summed E-state index contributed by atoms with van der Waals surface area (Å²) in [5.41, 5.74) is 3.48. The van der Waals surface area contributed by atoms with Crippen LogP contribution < -0.4 is 4.90 Å². The van der Waals surface area contributed by atoms with Gasteiger partial charge in [-0.1, -0.05) is 0 Å². The van der Waals surface area contributed by atoms with Crippen LogP contribution in [0, 0.1) is 0 Å². The van der Waals surface area contributed by atoms with E-state index in [-0.39, 0.29) is 6.10 Å². The second-order valence-corrected chi connectivity index (χ2v) is 6.63. The van der Waals surface area contributed by atoms with Crippen molar-refractivity contribution < 1.29 is 5.11 Å². The van der Waals surface area contributed by atoms with Gasteiger partial charge in [0, 0.05) is 62.4 Å². The van der Waals surface area contributed by atoms with Gasteiger partial charge in [-0.05, 0) is 31.0 Å². The molecule has 0 spiro atoms. The number of H-pyrrole nitrogens is 1. The van der Waals surface area contributed by atoms with Crippen LogP contribution in [0.4, 0.5) is 5.69 Å². The molecule has 6 nitrogen and oxygen atoms in total. The molecule has 0 amide bonds. The highest BCUT2D eigenvalue weighted by Crippen LogP contribution is 2.39. The number of hydrogen-bond donors (Lipinski definition) is 2. The van der Waals surface area contributed by atoms with Gasteiger partial charge in [-0.3, -0.25) is 15.0 Å². The summed E-state index contributed by atoms with van der Waals surface area (Å²) in [6, 6.07) is 6.19. The fourth-order valence-electron chi connectivity index (χ4n) is 3.28. The fourth-order valence-corrected chi connectivity index (χ4v) is 3.28. The first-order valence-electron chi connectivity index (χ1n) is 8.37. The normalized spacial score (nSPS) is 23.0. The van der Waals surface area contributed by atoms with E-state index in [4.69, 9.17) is 0 Å². The summed E-state index contributed by atoms with van der Waals surface area (Å²) in [5, 5.41) is 17.9. The average Bonchev–Trinajstić information content (AvgIpc) is 3.34. The first kappa shape index (κ1) is 14.7. The van der Waals surface area contributed by atoms with E-state index >= 15 is 0 Å². The summed E-state index contributed by atoms with van der Waals surface area (Å²) in [5.74, 6) is 0.678. The lowest BCUT2D eigenvalue weighted by atomic mass is 10.2. The Labute approximate surface area is 136 Å². The van der Waals surface area contributed by atoms with Crippen molar-refractivity contribution in [2.45, 2.75) is 31.4 Å². The molecule has 1 saturated heterocycles. The minimum atomic E-state index is -0.350. The standard InChI is InChI=1S/C17H23N5O/c23-16-11-21(10-14-9-17(20-19-14)13-1-2-13)7-8-22(12-16)15-3-5-18-6-4-15/h3-6,9,13,16,23H,1-2,7-8,10-12H2,(H,19,20)/t16-/m1/s1. The molecule has 4 rings (SSSR count). The number of pyridine rings is 1. The average molecular weight is 313 g/mol. The zero-order valence-electron chi connectivity index (χ0n) is 13.2. The molecule has 0 unspecified atom stereocenters. The molecule has 2 aliphatic rings. The van der Waals surface area contributed by atoms with E-state index in [1.165, 1.54) is 18.5 Å². The molecular formula is C17H23N5O. The molecular weight excluding hydrogens is 290 g/mol. The first-order chi connectivity index (χ1) is 11.3. The van der Waals surface area contributed by atoms with Crippen molar-refractivity contribution in [3.63, 3.8) is 0 Å². The van der Waals surface area contributed by atoms with Crippen molar-refractivity contribution in [2.75, 3.05) is 31.1 Å². The van der Waals surface area contributed by atoms with Crippen molar-refractivity contribution in [1.29, 1.82) is 0 Å². The van der Waals surface area contributed by atoms with Gasteiger partial charge in [0.25, 0.3) is 0 Å². The number of aromatic amines is 1. The molecule has 1 aliphatic heterocycles. The van der Waals surface area contributed by atoms with Crippen molar-refractivity contribution in [3.05, 3.63) is 42.0 Å². The maximum Gasteiger partial charge on any atom is 0.0841 e. The lowest BCUT2D eigenvalue weighted by Crippen LogP contribution is -2.33. The monoisotopic (exact) mass is 313 g/mol. The van der Waals surface area contributed by atoms with Gasteiger partial charge in [0.1, 0.15) is 0 Å². The quantitative estimate of drug-likeness (QED) is 0.892. The summed E-state index contributed by atoms with van der Waals surface area (Å²) in [4.78, 5) is 8.60. The molecule has 2 fully saturated rings. The van der Waals surface area contributed by atoms with Crippen molar-refractivity contribution >= 4 is 5.69 Å². The third kappa shape index (κ3) is 3.54. The van der Waals surface area contributed by atoms with Crippen LogP contribution in [0.15, 0.2) is 30.6 Å². The summed E-state index contributed by atoms with van der Waals surface area (Å²) in [7, 11) is 0. The second-order valence-electron chi connectivity index (χ2n) is 6.63. The number of nitrogens with one attached hydrogen (secondary N) is 1. The predicted molar refractivity (Wildman–Crippen MR) is 88.3 cm³/mol. The minimum Gasteiger partial charge on any atom is -0.390 e. The topological polar surface area (TPSA) is 68.3 Å². The van der Waals surface area contributed by atoms with Crippen LogP contribution >= 0.6 is 0 Å². The van der Waals surface area contributed by atoms with Crippen molar-refractivity contribution in [2.24, 2.45) is 0 Å². The van der Waals surface area contributed by atoms with Crippen LogP contribution in [0.5, 0.6) is 0 Å². The number of β-amino-alcohol motifs (C(OH)–C–C–N with tert-alkyl or cyclic N) is 1. The van der Waals surface area contributed by atoms with Crippen LogP contribution in [0.3, 0.4) is 0 Å². The zero-order chi connectivity index (χ0) is 15.6. The fraction of sp³-hybridized carbons (Fsp3) is 0.529. The van der Waals surface area contributed by atoms with Crippen LogP contribution in [0.25, 0.3) is 0 Å². The summed E-state index contributed by atoms with van der Waals surface area (Å²) in [6.07, 6.45) is 5.79. The Morgan fingerprint density at radius 3 is 2.78 bits per heavy atom. The van der Waals surface area contributed by atoms with Crippen LogP contribution in [-0.4, -0.2) is 57.5 Å². The number of rotatable bonds is 4. The Kier molecular flexibility index (Phi) is 4.01. The summed E-state index contributed by atoms with van der Waals surface area (Å²) in [6.45, 7) is 4.01. The van der Waals surface area contributed by atoms with Gasteiger partial charge in [0.15, 0.2) is 0 Å². The Bertz CT molecular complexity index is 639. The van der Waals surface area contributed by atoms with Gasteiger partial charge in [-0.2, -0.15) is 5.10 Å². The molecule has 2 aromatic heterocycles. The van der Waals surface area contributed by atoms with E-state index < -0.39 is 0 Å². The van der Waals surface area contributed by atoms with Gasteiger partial charge in [0.2, 0.25) is 0 Å². The van der Waals surface area contributed by atoms with Gasteiger partial charge >= 0.3 is 0 Å². The number of nitrogens with zero attached hydrogens (tertiary/aromatic N) is 4. The third-order valence-corrected chi connectivity index (χ3v) is 4.65. The zero-order valence-corrected chi connectivity index (χ0v) is 13.2. The second kappa shape index (κ2) is 6.29. The Morgan fingerprint density at radius 1 is 1.17 bits per heavy atom. The van der Waals surface area contributed by atoms with E-state index in [1.807, 2.05) is 12.1 Å². The highest BCUT2D eigenvalue weighted by Gasteiger charge is 2.27. The molecule has 122 valence electrons. The molecule has 0 radical (unpaired) electrons. The SMILES string of the molecule is O[C@@H]1CN(Cc2cc(C3CC3)n[nH]2)CCN(c2ccncc2)C1. The number of aromatic nitrogens is 3. The Hall–Kier alpha value is -1.92. The van der Waals surface area contributed by atoms with E-state index in [9.17, 15) is 5.11 Å². The molecule has 23 heavy (non-hydrogen) atoms. The smallest absolute Gasteiger partial charge is 0.0841 e. The molecule has 0 bridgehead atoms. The molecule has 3 heterocycles. The number of aliphatic hydroxyl groups excluding tert-OH is 1. The largest absolute Gasteiger partial charge is 0.390 e. The van der Waals surface area contributed by atoms with E-state index in [0.29, 0.717) is 19.0 Å². The summed E-state index contributed by atoms with van der Waals surface area (Å²) >= 11 is 0. The van der Waals surface area contributed by atoms with Crippen LogP contribution in [0.2, 0.25) is 0 Å². The van der Waals surface area contributed by atoms with E-state index in [0.717, 1.165) is 31.0 Å². The third-order valence-electron chi connectivity index (χ3n) is 4.65. The molecule has 1 saturated carbocycles. The number of hydrogen-bond acceptors (Lipinski definition) is 5. The summed E-state index contributed by atoms with van der Waals surface area (Å²) < 4.78 is 0. The lowest BCUT2D eigenvalue weighted by molar-refractivity contribution is 0.128. The maximum atomic E-state index is 10.3. The molecule has 0 aromatic carbocycles. The molecule has 6 heteroatoms. The van der Waals surface area contributed by atoms with Gasteiger partial charge in [-0.15, -0.1) is 0 Å². The van der Waals surface area contributed by atoms with Crippen LogP contribution in [0.1, 0.15) is 30.1 Å². The highest BCUT2D eigenvalue weighted by molar-refractivity contribution is 5.44. The van der Waals surface area contributed by atoms with E-state index in [1.54, 1.807) is 12.4 Å².